The number of aliphatic imine (C=N–C) groups is 1. The van der Waals surface area contributed by atoms with E-state index in [0.29, 0.717) is 27.9 Å². The Morgan fingerprint density at radius 2 is 2.03 bits per heavy atom. The van der Waals surface area contributed by atoms with Crippen molar-refractivity contribution in [2.75, 3.05) is 11.5 Å². The number of para-hydroxylation sites is 1. The maximum Gasteiger partial charge on any atom is 0.258 e. The number of rotatable bonds is 6. The van der Waals surface area contributed by atoms with E-state index in [2.05, 4.69) is 22.2 Å². The van der Waals surface area contributed by atoms with Gasteiger partial charge in [-0.1, -0.05) is 36.9 Å². The summed E-state index contributed by atoms with van der Waals surface area (Å²) in [5.41, 5.74) is 20.8. The largest absolute Gasteiger partial charge is 0.400 e. The van der Waals surface area contributed by atoms with Crippen LogP contribution in [0, 0.1) is 0 Å². The fourth-order valence-corrected chi connectivity index (χ4v) is 4.91. The average molecular weight is 445 g/mol. The molecule has 9 heteroatoms. The SMILES string of the molecule is CCSC/C(N)=C(/N)C1N=C(NC(=O)c2cnc3ccccc3c2)SC1C(C)(C)N. The van der Waals surface area contributed by atoms with E-state index in [-0.39, 0.29) is 11.2 Å². The number of nitrogens with zero attached hydrogens (tertiary/aromatic N) is 2. The van der Waals surface area contributed by atoms with Crippen LogP contribution in [0.1, 0.15) is 31.1 Å². The molecular weight excluding hydrogens is 416 g/mol. The molecule has 0 spiro atoms. The van der Waals surface area contributed by atoms with Gasteiger partial charge in [-0.3, -0.25) is 14.8 Å². The zero-order chi connectivity index (χ0) is 21.9. The van der Waals surface area contributed by atoms with E-state index in [1.165, 1.54) is 11.8 Å². The molecule has 2 unspecified atom stereocenters. The zero-order valence-electron chi connectivity index (χ0n) is 17.4. The van der Waals surface area contributed by atoms with E-state index in [9.17, 15) is 4.79 Å². The number of fused-ring (bicyclic) bond motifs is 1. The van der Waals surface area contributed by atoms with Gasteiger partial charge in [0.25, 0.3) is 5.91 Å². The molecule has 2 aromatic rings. The lowest BCUT2D eigenvalue weighted by Gasteiger charge is -2.30. The highest BCUT2D eigenvalue weighted by molar-refractivity contribution is 8.14. The minimum atomic E-state index is -0.571. The zero-order valence-corrected chi connectivity index (χ0v) is 19.0. The van der Waals surface area contributed by atoms with Gasteiger partial charge in [0.1, 0.15) is 6.04 Å². The van der Waals surface area contributed by atoms with Crippen molar-refractivity contribution in [3.63, 3.8) is 0 Å². The highest BCUT2D eigenvalue weighted by Gasteiger charge is 2.41. The lowest BCUT2D eigenvalue weighted by atomic mass is 9.94. The molecule has 1 aromatic heterocycles. The van der Waals surface area contributed by atoms with Gasteiger partial charge in [0.15, 0.2) is 5.17 Å². The van der Waals surface area contributed by atoms with E-state index in [1.54, 1.807) is 18.0 Å². The van der Waals surface area contributed by atoms with E-state index in [4.69, 9.17) is 17.2 Å². The minimum absolute atomic E-state index is 0.146. The quantitative estimate of drug-likeness (QED) is 0.538. The van der Waals surface area contributed by atoms with Gasteiger partial charge in [-0.05, 0) is 31.7 Å². The molecule has 0 aliphatic carbocycles. The Balaban J connectivity index is 1.82. The summed E-state index contributed by atoms with van der Waals surface area (Å²) >= 11 is 3.11. The van der Waals surface area contributed by atoms with Crippen molar-refractivity contribution in [3.05, 3.63) is 53.5 Å². The fraction of sp³-hybridized carbons (Fsp3) is 0.381. The molecule has 7 N–H and O–H groups in total. The topological polar surface area (TPSA) is 132 Å². The summed E-state index contributed by atoms with van der Waals surface area (Å²) < 4.78 is 0. The van der Waals surface area contributed by atoms with Gasteiger partial charge >= 0.3 is 0 Å². The first-order chi connectivity index (χ1) is 14.2. The van der Waals surface area contributed by atoms with Crippen LogP contribution in [0.4, 0.5) is 0 Å². The summed E-state index contributed by atoms with van der Waals surface area (Å²) in [6.45, 7) is 5.92. The number of nitrogens with two attached hydrogens (primary N) is 3. The van der Waals surface area contributed by atoms with E-state index >= 15 is 0 Å². The van der Waals surface area contributed by atoms with Crippen LogP contribution in [-0.2, 0) is 0 Å². The normalized spacial score (nSPS) is 20.1. The highest BCUT2D eigenvalue weighted by atomic mass is 32.2. The summed E-state index contributed by atoms with van der Waals surface area (Å²) in [5.74, 6) is 1.32. The van der Waals surface area contributed by atoms with Crippen LogP contribution >= 0.6 is 23.5 Å². The second-order valence-corrected chi connectivity index (χ2v) is 10.1. The highest BCUT2D eigenvalue weighted by Crippen LogP contribution is 2.35. The number of amidine groups is 1. The van der Waals surface area contributed by atoms with Crippen LogP contribution in [0.15, 0.2) is 52.9 Å². The maximum absolute atomic E-state index is 12.8. The molecule has 1 aliphatic heterocycles. The van der Waals surface area contributed by atoms with E-state index < -0.39 is 11.6 Å². The van der Waals surface area contributed by atoms with Gasteiger partial charge in [-0.2, -0.15) is 11.8 Å². The average Bonchev–Trinajstić information content (AvgIpc) is 3.15. The van der Waals surface area contributed by atoms with Gasteiger partial charge < -0.3 is 22.5 Å². The number of benzene rings is 1. The molecule has 7 nitrogen and oxygen atoms in total. The molecular formula is C21H28N6OS2. The summed E-state index contributed by atoms with van der Waals surface area (Å²) in [6, 6.07) is 9.08. The summed E-state index contributed by atoms with van der Waals surface area (Å²) in [5, 5.41) is 4.13. The van der Waals surface area contributed by atoms with Gasteiger partial charge in [0.2, 0.25) is 0 Å². The number of nitrogens with one attached hydrogen (secondary N) is 1. The monoisotopic (exact) mass is 444 g/mol. The van der Waals surface area contributed by atoms with Crippen molar-refractivity contribution in [1.82, 2.24) is 10.3 Å². The van der Waals surface area contributed by atoms with Crippen LogP contribution in [-0.4, -0.2) is 44.4 Å². The van der Waals surface area contributed by atoms with Crippen molar-refractivity contribution in [2.24, 2.45) is 22.2 Å². The van der Waals surface area contributed by atoms with Crippen LogP contribution in [0.2, 0.25) is 0 Å². The lowest BCUT2D eigenvalue weighted by molar-refractivity contribution is 0.0977. The van der Waals surface area contributed by atoms with Crippen molar-refractivity contribution in [2.45, 2.75) is 37.6 Å². The molecule has 3 rings (SSSR count). The molecule has 30 heavy (non-hydrogen) atoms. The second-order valence-electron chi connectivity index (χ2n) is 7.73. The number of thioether (sulfide) groups is 2. The molecule has 1 aliphatic rings. The Hall–Kier alpha value is -2.23. The maximum atomic E-state index is 12.8. The predicted octanol–water partition coefficient (Wildman–Crippen LogP) is 2.42. The first kappa shape index (κ1) is 22.5. The first-order valence-corrected chi connectivity index (χ1v) is 11.8. The smallest absolute Gasteiger partial charge is 0.258 e. The van der Waals surface area contributed by atoms with Crippen LogP contribution in [0.5, 0.6) is 0 Å². The summed E-state index contributed by atoms with van der Waals surface area (Å²) in [6.07, 6.45) is 1.56. The number of hydrogen-bond acceptors (Lipinski definition) is 8. The van der Waals surface area contributed by atoms with Gasteiger partial charge in [-0.25, -0.2) is 0 Å². The summed E-state index contributed by atoms with van der Waals surface area (Å²) in [4.78, 5) is 21.8. The number of amides is 1. The van der Waals surface area contributed by atoms with Gasteiger partial charge in [-0.15, -0.1) is 0 Å². The van der Waals surface area contributed by atoms with Crippen LogP contribution in [0.3, 0.4) is 0 Å². The third-order valence-corrected chi connectivity index (χ3v) is 7.21. The number of aromatic nitrogens is 1. The Labute approximate surface area is 185 Å². The third-order valence-electron chi connectivity index (χ3n) is 4.74. The third kappa shape index (κ3) is 5.08. The van der Waals surface area contributed by atoms with Crippen molar-refractivity contribution < 1.29 is 4.79 Å². The number of pyridine rings is 1. The number of carbonyl (C=O) groups is 1. The predicted molar refractivity (Wildman–Crippen MR) is 128 cm³/mol. The minimum Gasteiger partial charge on any atom is -0.400 e. The molecule has 0 saturated carbocycles. The second kappa shape index (κ2) is 9.28. The molecule has 160 valence electrons. The Morgan fingerprint density at radius 3 is 2.73 bits per heavy atom. The molecule has 2 atom stereocenters. The standard InChI is InChI=1S/C21H28N6OS2/c1-4-29-11-14(22)16(23)17-18(21(2,3)24)30-20(26-17)27-19(28)13-9-12-7-5-6-8-15(12)25-10-13/h5-10,17-18H,4,11,22-24H2,1-3H3,(H,26,27,28)/b16-14-. The lowest BCUT2D eigenvalue weighted by Crippen LogP contribution is -2.49. The van der Waals surface area contributed by atoms with Gasteiger partial charge in [0, 0.05) is 28.6 Å². The Kier molecular flexibility index (Phi) is 6.95. The van der Waals surface area contributed by atoms with Crippen molar-refractivity contribution in [3.8, 4) is 0 Å². The van der Waals surface area contributed by atoms with Crippen molar-refractivity contribution in [1.29, 1.82) is 0 Å². The molecule has 2 heterocycles. The molecule has 0 bridgehead atoms. The van der Waals surface area contributed by atoms with E-state index in [1.807, 2.05) is 44.2 Å². The molecule has 1 amide bonds. The number of carbonyl (C=O) groups excluding carboxylic acids is 1. The molecule has 0 saturated heterocycles. The first-order valence-electron chi connectivity index (χ1n) is 9.72. The van der Waals surface area contributed by atoms with E-state index in [0.717, 1.165) is 16.7 Å². The fourth-order valence-electron chi connectivity index (χ4n) is 3.11. The molecule has 0 radical (unpaired) electrons. The van der Waals surface area contributed by atoms with Crippen molar-refractivity contribution >= 4 is 45.5 Å². The Morgan fingerprint density at radius 1 is 1.30 bits per heavy atom. The number of hydrogen-bond donors (Lipinski definition) is 4. The molecule has 0 fully saturated rings. The summed E-state index contributed by atoms with van der Waals surface area (Å²) in [7, 11) is 0. The van der Waals surface area contributed by atoms with Gasteiger partial charge in [0.05, 0.1) is 22.0 Å². The molecule has 1 aromatic carbocycles. The van der Waals surface area contributed by atoms with Crippen LogP contribution < -0.4 is 22.5 Å². The Bertz CT molecular complexity index is 998. The van der Waals surface area contributed by atoms with Crippen LogP contribution in [0.25, 0.3) is 10.9 Å².